The van der Waals surface area contributed by atoms with Gasteiger partial charge in [-0.05, 0) is 31.0 Å². The molecule has 0 aliphatic rings. The molecule has 0 aliphatic carbocycles. The first-order valence-corrected chi connectivity index (χ1v) is 9.21. The van der Waals surface area contributed by atoms with E-state index in [1.807, 2.05) is 6.92 Å². The van der Waals surface area contributed by atoms with Crippen molar-refractivity contribution >= 4 is 15.5 Å². The van der Waals surface area contributed by atoms with Crippen LogP contribution in [0.4, 0.5) is 5.69 Å². The SMILES string of the molecule is CCCCCCCCCS(=O)(=O)c1ccc(C)cc1N. The van der Waals surface area contributed by atoms with Gasteiger partial charge in [-0.25, -0.2) is 8.42 Å². The summed E-state index contributed by atoms with van der Waals surface area (Å²) in [5.74, 6) is 0.202. The minimum atomic E-state index is -3.23. The maximum absolute atomic E-state index is 12.2. The highest BCUT2D eigenvalue weighted by Gasteiger charge is 2.16. The third-order valence-corrected chi connectivity index (χ3v) is 5.39. The Kier molecular flexibility index (Phi) is 7.06. The van der Waals surface area contributed by atoms with Gasteiger partial charge in [-0.1, -0.05) is 51.5 Å². The normalized spacial score (nSPS) is 11.7. The van der Waals surface area contributed by atoms with Crippen LogP contribution in [0.2, 0.25) is 0 Å². The van der Waals surface area contributed by atoms with Gasteiger partial charge in [0, 0.05) is 0 Å². The lowest BCUT2D eigenvalue weighted by Gasteiger charge is -2.08. The first-order valence-electron chi connectivity index (χ1n) is 7.56. The number of nitrogen functional groups attached to an aromatic ring is 1. The Morgan fingerprint density at radius 1 is 1.00 bits per heavy atom. The van der Waals surface area contributed by atoms with Gasteiger partial charge in [0.05, 0.1) is 16.3 Å². The fourth-order valence-electron chi connectivity index (χ4n) is 2.31. The van der Waals surface area contributed by atoms with E-state index >= 15 is 0 Å². The lowest BCUT2D eigenvalue weighted by Crippen LogP contribution is -2.09. The first kappa shape index (κ1) is 17.0. The predicted molar refractivity (Wildman–Crippen MR) is 85.6 cm³/mol. The van der Waals surface area contributed by atoms with Crippen molar-refractivity contribution < 1.29 is 8.42 Å². The molecule has 0 saturated heterocycles. The van der Waals surface area contributed by atoms with E-state index in [-0.39, 0.29) is 10.6 Å². The van der Waals surface area contributed by atoms with Crippen molar-refractivity contribution in [2.75, 3.05) is 11.5 Å². The summed E-state index contributed by atoms with van der Waals surface area (Å²) < 4.78 is 24.4. The smallest absolute Gasteiger partial charge is 0.180 e. The van der Waals surface area contributed by atoms with Gasteiger partial charge in [-0.3, -0.25) is 0 Å². The Morgan fingerprint density at radius 3 is 2.20 bits per heavy atom. The lowest BCUT2D eigenvalue weighted by molar-refractivity contribution is 0.579. The molecule has 0 bridgehead atoms. The summed E-state index contributed by atoms with van der Waals surface area (Å²) in [5.41, 5.74) is 7.17. The summed E-state index contributed by atoms with van der Waals surface area (Å²) in [6.07, 6.45) is 7.81. The monoisotopic (exact) mass is 297 g/mol. The van der Waals surface area contributed by atoms with Gasteiger partial charge in [0.2, 0.25) is 0 Å². The van der Waals surface area contributed by atoms with Gasteiger partial charge < -0.3 is 5.73 Å². The molecule has 0 aliphatic heterocycles. The molecular formula is C16H27NO2S. The number of nitrogens with two attached hydrogens (primary N) is 1. The summed E-state index contributed by atoms with van der Waals surface area (Å²) in [6, 6.07) is 5.15. The van der Waals surface area contributed by atoms with E-state index in [1.54, 1.807) is 18.2 Å². The van der Waals surface area contributed by atoms with Crippen molar-refractivity contribution in [3.05, 3.63) is 23.8 Å². The molecular weight excluding hydrogens is 270 g/mol. The predicted octanol–water partition coefficient (Wildman–Crippen LogP) is 4.10. The summed E-state index contributed by atoms with van der Waals surface area (Å²) >= 11 is 0. The molecule has 1 aromatic rings. The Morgan fingerprint density at radius 2 is 1.60 bits per heavy atom. The van der Waals surface area contributed by atoms with Gasteiger partial charge in [0.25, 0.3) is 0 Å². The average molecular weight is 297 g/mol. The zero-order chi connectivity index (χ0) is 15.0. The van der Waals surface area contributed by atoms with E-state index in [0.29, 0.717) is 5.69 Å². The van der Waals surface area contributed by atoms with Crippen LogP contribution in [0.3, 0.4) is 0 Å². The van der Waals surface area contributed by atoms with E-state index < -0.39 is 9.84 Å². The molecule has 0 atom stereocenters. The highest BCUT2D eigenvalue weighted by molar-refractivity contribution is 7.91. The van der Waals surface area contributed by atoms with Gasteiger partial charge in [0.1, 0.15) is 0 Å². The molecule has 1 aromatic carbocycles. The third-order valence-electron chi connectivity index (χ3n) is 3.52. The number of aryl methyl sites for hydroxylation is 1. The van der Waals surface area contributed by atoms with E-state index in [2.05, 4.69) is 6.92 Å². The second-order valence-corrected chi connectivity index (χ2v) is 7.56. The molecule has 114 valence electrons. The van der Waals surface area contributed by atoms with Crippen molar-refractivity contribution in [3.8, 4) is 0 Å². The van der Waals surface area contributed by atoms with Crippen LogP contribution in [-0.4, -0.2) is 14.2 Å². The zero-order valence-electron chi connectivity index (χ0n) is 12.7. The maximum Gasteiger partial charge on any atom is 0.180 e. The highest BCUT2D eigenvalue weighted by Crippen LogP contribution is 2.22. The Bertz CT molecular complexity index is 509. The standard InChI is InChI=1S/C16H27NO2S/c1-3-4-5-6-7-8-9-12-20(18,19)16-11-10-14(2)13-15(16)17/h10-11,13H,3-9,12,17H2,1-2H3. The fraction of sp³-hybridized carbons (Fsp3) is 0.625. The van der Waals surface area contributed by atoms with Crippen LogP contribution >= 0.6 is 0 Å². The molecule has 0 radical (unpaired) electrons. The van der Waals surface area contributed by atoms with Crippen molar-refractivity contribution in [2.24, 2.45) is 0 Å². The van der Waals surface area contributed by atoms with Gasteiger partial charge in [-0.15, -0.1) is 0 Å². The van der Waals surface area contributed by atoms with Gasteiger partial charge in [-0.2, -0.15) is 0 Å². The van der Waals surface area contributed by atoms with Crippen molar-refractivity contribution in [1.82, 2.24) is 0 Å². The summed E-state index contributed by atoms with van der Waals surface area (Å²) in [5, 5.41) is 0. The lowest BCUT2D eigenvalue weighted by atomic mass is 10.1. The van der Waals surface area contributed by atoms with Crippen LogP contribution in [0, 0.1) is 6.92 Å². The largest absolute Gasteiger partial charge is 0.398 e. The van der Waals surface area contributed by atoms with Crippen LogP contribution < -0.4 is 5.73 Å². The number of rotatable bonds is 9. The molecule has 3 nitrogen and oxygen atoms in total. The van der Waals surface area contributed by atoms with Crippen LogP contribution in [-0.2, 0) is 9.84 Å². The second-order valence-electron chi connectivity index (χ2n) is 5.48. The van der Waals surface area contributed by atoms with E-state index in [0.717, 1.165) is 24.8 Å². The van der Waals surface area contributed by atoms with Crippen LogP contribution in [0.15, 0.2) is 23.1 Å². The Labute approximate surface area is 123 Å². The summed E-state index contributed by atoms with van der Waals surface area (Å²) in [4.78, 5) is 0.286. The van der Waals surface area contributed by atoms with Crippen LogP contribution in [0.25, 0.3) is 0 Å². The number of hydrogen-bond donors (Lipinski definition) is 1. The Balaban J connectivity index is 2.42. The molecule has 0 heterocycles. The van der Waals surface area contributed by atoms with Crippen LogP contribution in [0.1, 0.15) is 57.4 Å². The van der Waals surface area contributed by atoms with Gasteiger partial charge >= 0.3 is 0 Å². The quantitative estimate of drug-likeness (QED) is 0.551. The minimum Gasteiger partial charge on any atom is -0.398 e. The summed E-state index contributed by atoms with van der Waals surface area (Å²) in [6.45, 7) is 4.10. The van der Waals surface area contributed by atoms with Crippen molar-refractivity contribution in [3.63, 3.8) is 0 Å². The van der Waals surface area contributed by atoms with Crippen molar-refractivity contribution in [1.29, 1.82) is 0 Å². The van der Waals surface area contributed by atoms with Gasteiger partial charge in [0.15, 0.2) is 9.84 Å². The highest BCUT2D eigenvalue weighted by atomic mass is 32.2. The molecule has 20 heavy (non-hydrogen) atoms. The number of benzene rings is 1. The molecule has 1 rings (SSSR count). The number of anilines is 1. The molecule has 4 heteroatoms. The topological polar surface area (TPSA) is 60.2 Å². The number of unbranched alkanes of at least 4 members (excludes halogenated alkanes) is 6. The van der Waals surface area contributed by atoms with Crippen molar-refractivity contribution in [2.45, 2.75) is 63.7 Å². The molecule has 0 spiro atoms. The molecule has 2 N–H and O–H groups in total. The molecule has 0 fully saturated rings. The maximum atomic E-state index is 12.2. The third kappa shape index (κ3) is 5.53. The summed E-state index contributed by atoms with van der Waals surface area (Å²) in [7, 11) is -3.23. The number of hydrogen-bond acceptors (Lipinski definition) is 3. The molecule has 0 aromatic heterocycles. The van der Waals surface area contributed by atoms with E-state index in [9.17, 15) is 8.42 Å². The van der Waals surface area contributed by atoms with E-state index in [1.165, 1.54) is 25.7 Å². The molecule has 0 saturated carbocycles. The van der Waals surface area contributed by atoms with Crippen LogP contribution in [0.5, 0.6) is 0 Å². The zero-order valence-corrected chi connectivity index (χ0v) is 13.5. The molecule has 0 unspecified atom stereocenters. The minimum absolute atomic E-state index is 0.202. The average Bonchev–Trinajstić information content (AvgIpc) is 2.37. The molecule has 0 amide bonds. The number of sulfone groups is 1. The fourth-order valence-corrected chi connectivity index (χ4v) is 3.81. The van der Waals surface area contributed by atoms with E-state index in [4.69, 9.17) is 5.73 Å². The second kappa shape index (κ2) is 8.30. The first-order chi connectivity index (χ1) is 9.47. The Hall–Kier alpha value is -1.03.